The Labute approximate surface area is 94.8 Å². The molecule has 1 N–H and O–H groups in total. The Bertz CT molecular complexity index is 149. The second kappa shape index (κ2) is 7.20. The number of nitrogens with zero attached hydrogens (tertiary/aromatic N) is 2. The van der Waals surface area contributed by atoms with Gasteiger partial charge in [0.1, 0.15) is 0 Å². The van der Waals surface area contributed by atoms with E-state index in [1.807, 2.05) is 0 Å². The molecule has 1 aliphatic rings. The molecule has 0 aromatic rings. The number of likely N-dealkylation sites (N-methyl/N-ethyl adjacent to an activating group) is 1. The van der Waals surface area contributed by atoms with Gasteiger partial charge in [0.2, 0.25) is 0 Å². The first-order chi connectivity index (χ1) is 7.26. The lowest BCUT2D eigenvalue weighted by molar-refractivity contribution is 0.153. The normalized spacial score (nSPS) is 20.0. The minimum atomic E-state index is 0.720. The van der Waals surface area contributed by atoms with Gasteiger partial charge < -0.3 is 10.2 Å². The van der Waals surface area contributed by atoms with Gasteiger partial charge in [0.05, 0.1) is 0 Å². The maximum Gasteiger partial charge on any atom is 0.0110 e. The maximum atomic E-state index is 3.62. The second-order valence-electron chi connectivity index (χ2n) is 4.61. The van der Waals surface area contributed by atoms with Gasteiger partial charge >= 0.3 is 0 Å². The van der Waals surface area contributed by atoms with Crippen LogP contribution in [0.5, 0.6) is 0 Å². The summed E-state index contributed by atoms with van der Waals surface area (Å²) in [5.41, 5.74) is 0. The fourth-order valence-electron chi connectivity index (χ4n) is 2.08. The summed E-state index contributed by atoms with van der Waals surface area (Å²) in [4.78, 5) is 4.97. The standard InChI is InChI=1S/C12H27N3/c1-4-12(5-2)13-6-7-15-10-8-14(3)9-11-15/h12-13H,4-11H2,1-3H3. The molecule has 0 atom stereocenters. The fraction of sp³-hybridized carbons (Fsp3) is 1.00. The van der Waals surface area contributed by atoms with E-state index in [0.29, 0.717) is 0 Å². The molecule has 0 bridgehead atoms. The molecule has 0 aromatic heterocycles. The lowest BCUT2D eigenvalue weighted by atomic mass is 10.2. The highest BCUT2D eigenvalue weighted by Crippen LogP contribution is 1.99. The Morgan fingerprint density at radius 3 is 2.20 bits per heavy atom. The highest BCUT2D eigenvalue weighted by atomic mass is 15.2. The molecule has 0 aromatic carbocycles. The molecule has 3 nitrogen and oxygen atoms in total. The average Bonchev–Trinajstić information content (AvgIpc) is 2.27. The molecule has 1 fully saturated rings. The third-order valence-electron chi connectivity index (χ3n) is 3.44. The molecule has 0 spiro atoms. The van der Waals surface area contributed by atoms with Crippen molar-refractivity contribution in [2.24, 2.45) is 0 Å². The van der Waals surface area contributed by atoms with Crippen LogP contribution >= 0.6 is 0 Å². The first-order valence-corrected chi connectivity index (χ1v) is 6.40. The number of hydrogen-bond donors (Lipinski definition) is 1. The first-order valence-electron chi connectivity index (χ1n) is 6.40. The van der Waals surface area contributed by atoms with E-state index in [-0.39, 0.29) is 0 Å². The summed E-state index contributed by atoms with van der Waals surface area (Å²) >= 11 is 0. The van der Waals surface area contributed by atoms with Crippen molar-refractivity contribution in [3.05, 3.63) is 0 Å². The molecule has 90 valence electrons. The summed E-state index contributed by atoms with van der Waals surface area (Å²) in [7, 11) is 2.21. The minimum Gasteiger partial charge on any atom is -0.313 e. The summed E-state index contributed by atoms with van der Waals surface area (Å²) in [5, 5.41) is 3.62. The van der Waals surface area contributed by atoms with Crippen molar-refractivity contribution in [3.63, 3.8) is 0 Å². The monoisotopic (exact) mass is 213 g/mol. The van der Waals surface area contributed by atoms with Gasteiger partial charge in [-0.25, -0.2) is 0 Å². The Hall–Kier alpha value is -0.120. The highest BCUT2D eigenvalue weighted by molar-refractivity contribution is 4.71. The molecule has 1 aliphatic heterocycles. The molecule has 0 radical (unpaired) electrons. The molecule has 0 unspecified atom stereocenters. The largest absolute Gasteiger partial charge is 0.313 e. The lowest BCUT2D eigenvalue weighted by Crippen LogP contribution is -2.47. The van der Waals surface area contributed by atoms with Crippen molar-refractivity contribution in [2.75, 3.05) is 46.3 Å². The predicted octanol–water partition coefficient (Wildman–Crippen LogP) is 1.01. The van der Waals surface area contributed by atoms with E-state index in [9.17, 15) is 0 Å². The summed E-state index contributed by atoms with van der Waals surface area (Å²) in [6.45, 7) is 11.8. The lowest BCUT2D eigenvalue weighted by Gasteiger charge is -2.32. The Morgan fingerprint density at radius 1 is 1.07 bits per heavy atom. The van der Waals surface area contributed by atoms with Crippen molar-refractivity contribution >= 4 is 0 Å². The van der Waals surface area contributed by atoms with Crippen molar-refractivity contribution in [1.29, 1.82) is 0 Å². The molecular formula is C12H27N3. The van der Waals surface area contributed by atoms with Crippen molar-refractivity contribution in [3.8, 4) is 0 Å². The van der Waals surface area contributed by atoms with E-state index in [0.717, 1.165) is 12.6 Å². The van der Waals surface area contributed by atoms with Gasteiger partial charge in [-0.2, -0.15) is 0 Å². The summed E-state index contributed by atoms with van der Waals surface area (Å²) in [6, 6.07) is 0.720. The quantitative estimate of drug-likeness (QED) is 0.710. The SMILES string of the molecule is CCC(CC)NCCN1CCN(C)CC1. The van der Waals surface area contributed by atoms with Crippen LogP contribution in [0.1, 0.15) is 26.7 Å². The van der Waals surface area contributed by atoms with E-state index < -0.39 is 0 Å². The van der Waals surface area contributed by atoms with E-state index in [4.69, 9.17) is 0 Å². The van der Waals surface area contributed by atoms with Gasteiger partial charge in [0.15, 0.2) is 0 Å². The zero-order valence-corrected chi connectivity index (χ0v) is 10.6. The van der Waals surface area contributed by atoms with Gasteiger partial charge in [-0.05, 0) is 19.9 Å². The molecule has 1 heterocycles. The number of nitrogens with one attached hydrogen (secondary N) is 1. The van der Waals surface area contributed by atoms with E-state index in [1.165, 1.54) is 45.6 Å². The molecular weight excluding hydrogens is 186 g/mol. The molecule has 0 aliphatic carbocycles. The number of hydrogen-bond acceptors (Lipinski definition) is 3. The van der Waals surface area contributed by atoms with Crippen LogP contribution in [0.15, 0.2) is 0 Å². The predicted molar refractivity (Wildman–Crippen MR) is 66.3 cm³/mol. The van der Waals surface area contributed by atoms with Crippen LogP contribution in [-0.4, -0.2) is 62.2 Å². The fourth-order valence-corrected chi connectivity index (χ4v) is 2.08. The van der Waals surface area contributed by atoms with Crippen LogP contribution < -0.4 is 5.32 Å². The van der Waals surface area contributed by atoms with Crippen LogP contribution in [0.2, 0.25) is 0 Å². The van der Waals surface area contributed by atoms with Gasteiger partial charge in [-0.3, -0.25) is 4.90 Å². The minimum absolute atomic E-state index is 0.720. The van der Waals surface area contributed by atoms with Gasteiger partial charge in [-0.1, -0.05) is 13.8 Å². The average molecular weight is 213 g/mol. The van der Waals surface area contributed by atoms with Crippen LogP contribution in [0.25, 0.3) is 0 Å². The van der Waals surface area contributed by atoms with Gasteiger partial charge in [0.25, 0.3) is 0 Å². The van der Waals surface area contributed by atoms with E-state index in [1.54, 1.807) is 0 Å². The van der Waals surface area contributed by atoms with Crippen molar-refractivity contribution < 1.29 is 0 Å². The van der Waals surface area contributed by atoms with Crippen LogP contribution in [-0.2, 0) is 0 Å². The Balaban J connectivity index is 2.04. The molecule has 1 rings (SSSR count). The highest BCUT2D eigenvalue weighted by Gasteiger charge is 2.13. The Morgan fingerprint density at radius 2 is 1.67 bits per heavy atom. The van der Waals surface area contributed by atoms with E-state index in [2.05, 4.69) is 36.0 Å². The van der Waals surface area contributed by atoms with Crippen molar-refractivity contribution in [1.82, 2.24) is 15.1 Å². The topological polar surface area (TPSA) is 18.5 Å². The third kappa shape index (κ3) is 4.96. The summed E-state index contributed by atoms with van der Waals surface area (Å²) in [6.07, 6.45) is 2.50. The van der Waals surface area contributed by atoms with Crippen molar-refractivity contribution in [2.45, 2.75) is 32.7 Å². The van der Waals surface area contributed by atoms with Crippen LogP contribution in [0.3, 0.4) is 0 Å². The molecule has 15 heavy (non-hydrogen) atoms. The Kier molecular flexibility index (Phi) is 6.22. The van der Waals surface area contributed by atoms with Gasteiger partial charge in [0, 0.05) is 45.3 Å². The molecule has 3 heteroatoms. The summed E-state index contributed by atoms with van der Waals surface area (Å²) in [5.74, 6) is 0. The molecule has 1 saturated heterocycles. The molecule has 0 amide bonds. The van der Waals surface area contributed by atoms with Crippen LogP contribution in [0.4, 0.5) is 0 Å². The first kappa shape index (κ1) is 12.9. The summed E-state index contributed by atoms with van der Waals surface area (Å²) < 4.78 is 0. The smallest absolute Gasteiger partial charge is 0.0110 e. The third-order valence-corrected chi connectivity index (χ3v) is 3.44. The zero-order chi connectivity index (χ0) is 11.1. The van der Waals surface area contributed by atoms with E-state index >= 15 is 0 Å². The maximum absolute atomic E-state index is 3.62. The second-order valence-corrected chi connectivity index (χ2v) is 4.61. The van der Waals surface area contributed by atoms with Gasteiger partial charge in [-0.15, -0.1) is 0 Å². The molecule has 0 saturated carbocycles. The number of piperazine rings is 1. The number of rotatable bonds is 6. The zero-order valence-electron chi connectivity index (χ0n) is 10.6. The van der Waals surface area contributed by atoms with Crippen LogP contribution in [0, 0.1) is 0 Å².